The Morgan fingerprint density at radius 3 is 2.50 bits per heavy atom. The molecule has 1 amide bonds. The number of fused-ring (bicyclic) bond motifs is 1. The Balaban J connectivity index is 1.38. The molecule has 0 bridgehead atoms. The third kappa shape index (κ3) is 9.55. The summed E-state index contributed by atoms with van der Waals surface area (Å²) in [6, 6.07) is 17.5. The summed E-state index contributed by atoms with van der Waals surface area (Å²) in [4.78, 5) is 33.5. The zero-order chi connectivity index (χ0) is 35.8. The molecule has 1 saturated carbocycles. The highest BCUT2D eigenvalue weighted by atomic mass is 35.5. The van der Waals surface area contributed by atoms with Crippen molar-refractivity contribution in [2.24, 2.45) is 0 Å². The van der Waals surface area contributed by atoms with E-state index >= 15 is 0 Å². The lowest BCUT2D eigenvalue weighted by atomic mass is 9.76. The van der Waals surface area contributed by atoms with E-state index in [4.69, 9.17) is 37.5 Å². The average Bonchev–Trinajstić information content (AvgIpc) is 3.07. The van der Waals surface area contributed by atoms with E-state index in [1.54, 1.807) is 66.4 Å². The number of aliphatic hydroxyl groups is 1. The van der Waals surface area contributed by atoms with Crippen molar-refractivity contribution in [2.45, 2.75) is 82.3 Å². The molecule has 3 aromatic carbocycles. The molecule has 1 aliphatic carbocycles. The quantitative estimate of drug-likeness (QED) is 0.0750. The van der Waals surface area contributed by atoms with Crippen molar-refractivity contribution in [1.29, 1.82) is 0 Å². The smallest absolute Gasteiger partial charge is 0.305 e. The summed E-state index contributed by atoms with van der Waals surface area (Å²) in [7, 11) is -3.59. The molecule has 0 spiro atoms. The number of aliphatic hydroxyl groups excluding tert-OH is 1. The largest absolute Gasteiger partial charge is 0.494 e. The van der Waals surface area contributed by atoms with Gasteiger partial charge in [-0.15, -0.1) is 0 Å². The normalized spacial score (nSPS) is 21.4. The molecule has 5 atom stereocenters. The number of nitrogens with one attached hydrogen (secondary N) is 2. The molecule has 0 saturated heterocycles. The van der Waals surface area contributed by atoms with E-state index in [9.17, 15) is 23.1 Å². The van der Waals surface area contributed by atoms with Crippen LogP contribution >= 0.6 is 23.2 Å². The first-order valence-corrected chi connectivity index (χ1v) is 19.4. The van der Waals surface area contributed by atoms with Crippen molar-refractivity contribution in [2.75, 3.05) is 19.5 Å². The first kappa shape index (κ1) is 38.0. The molecule has 1 unspecified atom stereocenters. The van der Waals surface area contributed by atoms with Gasteiger partial charge in [0.05, 0.1) is 38.0 Å². The van der Waals surface area contributed by atoms with Crippen LogP contribution in [0, 0.1) is 0 Å². The van der Waals surface area contributed by atoms with Crippen molar-refractivity contribution < 1.29 is 37.4 Å². The molecule has 1 heterocycles. The fourth-order valence-electron chi connectivity index (χ4n) is 6.84. The highest BCUT2D eigenvalue weighted by Gasteiger charge is 2.49. The number of rotatable bonds is 15. The molecule has 14 heteroatoms. The van der Waals surface area contributed by atoms with Gasteiger partial charge in [0.1, 0.15) is 12.0 Å². The molecule has 2 aliphatic rings. The zero-order valence-corrected chi connectivity index (χ0v) is 30.3. The third-order valence-electron chi connectivity index (χ3n) is 8.96. The molecule has 5 rings (SSSR count). The van der Waals surface area contributed by atoms with E-state index in [-0.39, 0.29) is 24.9 Å². The van der Waals surface area contributed by atoms with E-state index in [0.717, 1.165) is 24.7 Å². The minimum atomic E-state index is -3.59. The Morgan fingerprint density at radius 1 is 1.04 bits per heavy atom. The van der Waals surface area contributed by atoms with Gasteiger partial charge in [-0.05, 0) is 73.2 Å². The second-order valence-corrected chi connectivity index (χ2v) is 15.2. The van der Waals surface area contributed by atoms with Crippen molar-refractivity contribution in [3.05, 3.63) is 99.0 Å². The van der Waals surface area contributed by atoms with Crippen LogP contribution in [0.4, 0.5) is 0 Å². The summed E-state index contributed by atoms with van der Waals surface area (Å²) in [5.74, 6) is -0.660. The lowest BCUT2D eigenvalue weighted by Crippen LogP contribution is -2.59. The number of hydrogen-bond acceptors (Lipinski definition) is 9. The topological polar surface area (TPSA) is 144 Å². The number of hydrogen-bond donors (Lipinski definition) is 3. The van der Waals surface area contributed by atoms with Crippen LogP contribution in [0.25, 0.3) is 0 Å². The number of carbonyl (C=O) groups is 2. The van der Waals surface area contributed by atoms with Crippen molar-refractivity contribution in [3.8, 4) is 5.75 Å². The summed E-state index contributed by atoms with van der Waals surface area (Å²) in [5, 5.41) is 12.6. The van der Waals surface area contributed by atoms with Crippen LogP contribution in [0.3, 0.4) is 0 Å². The SMILES string of the molecule is CCOC(=O)CCCOc1ccc(CONC(O)[C@@H]2c3ccccc3C(=O)N([C@H]3CCCC[C@@H]3NS(C)(=O)=O)[C@H]2c2ccc(Cl)cc2Cl)cc1. The Morgan fingerprint density at radius 2 is 1.78 bits per heavy atom. The van der Waals surface area contributed by atoms with E-state index in [2.05, 4.69) is 10.2 Å². The van der Waals surface area contributed by atoms with Gasteiger partial charge >= 0.3 is 5.97 Å². The number of esters is 1. The van der Waals surface area contributed by atoms with E-state index < -0.39 is 40.3 Å². The van der Waals surface area contributed by atoms with Gasteiger partial charge in [0.15, 0.2) is 0 Å². The lowest BCUT2D eigenvalue weighted by molar-refractivity contribution is -0.143. The van der Waals surface area contributed by atoms with Gasteiger partial charge in [0.25, 0.3) is 5.91 Å². The summed E-state index contributed by atoms with van der Waals surface area (Å²) < 4.78 is 38.3. The van der Waals surface area contributed by atoms with Crippen molar-refractivity contribution in [3.63, 3.8) is 0 Å². The average molecular weight is 749 g/mol. The van der Waals surface area contributed by atoms with Gasteiger partial charge in [0, 0.05) is 34.1 Å². The minimum absolute atomic E-state index is 0.104. The molecule has 0 aromatic heterocycles. The molecule has 1 aliphatic heterocycles. The predicted molar refractivity (Wildman–Crippen MR) is 190 cm³/mol. The number of nitrogens with zero attached hydrogens (tertiary/aromatic N) is 1. The fourth-order valence-corrected chi connectivity index (χ4v) is 8.18. The Hall–Kier alpha value is -3.23. The molecule has 50 heavy (non-hydrogen) atoms. The summed E-state index contributed by atoms with van der Waals surface area (Å²) in [6.45, 7) is 2.59. The molecular weight excluding hydrogens is 705 g/mol. The number of amides is 1. The molecule has 11 nitrogen and oxygen atoms in total. The maximum atomic E-state index is 14.4. The third-order valence-corrected chi connectivity index (χ3v) is 10.3. The van der Waals surface area contributed by atoms with Gasteiger partial charge in [-0.1, -0.05) is 72.4 Å². The first-order valence-electron chi connectivity index (χ1n) is 16.7. The van der Waals surface area contributed by atoms with Gasteiger partial charge in [-0.3, -0.25) is 14.4 Å². The highest BCUT2D eigenvalue weighted by Crippen LogP contribution is 2.48. The number of benzene rings is 3. The first-order chi connectivity index (χ1) is 24.0. The molecule has 1 fully saturated rings. The van der Waals surface area contributed by atoms with Gasteiger partial charge in [-0.25, -0.2) is 13.1 Å². The van der Waals surface area contributed by atoms with Crippen LogP contribution in [0.1, 0.15) is 84.5 Å². The standard InChI is InChI=1S/C36H43Cl2N3O8S/c1-3-47-32(42)13-8-20-48-25-17-14-23(15-18-25)22-49-39-35(43)33-26-9-4-5-10-27(26)36(44)41(34(33)28-19-16-24(37)21-29(28)38)31-12-7-6-11-30(31)40-50(2,45)46/h4-5,9-10,14-19,21,30-31,33-35,39-40,43H,3,6-8,11-13,20,22H2,1-2H3/t30-,31-,33+,34-,35?/m0/s1. The number of hydroxylamine groups is 1. The number of ether oxygens (including phenoxy) is 2. The molecule has 0 radical (unpaired) electrons. The van der Waals surface area contributed by atoms with E-state index in [1.165, 1.54) is 0 Å². The molecule has 270 valence electrons. The lowest BCUT2D eigenvalue weighted by Gasteiger charge is -2.50. The summed E-state index contributed by atoms with van der Waals surface area (Å²) in [5.41, 5.74) is 5.17. The van der Waals surface area contributed by atoms with Crippen LogP contribution in [0.5, 0.6) is 5.75 Å². The maximum absolute atomic E-state index is 14.4. The molecule has 3 aromatic rings. The Bertz CT molecular complexity index is 1740. The number of carbonyl (C=O) groups excluding carboxylic acids is 2. The van der Waals surface area contributed by atoms with Gasteiger partial charge in [-0.2, -0.15) is 5.48 Å². The van der Waals surface area contributed by atoms with Crippen LogP contribution in [-0.2, 0) is 31.0 Å². The minimum Gasteiger partial charge on any atom is -0.494 e. The predicted octanol–water partition coefficient (Wildman–Crippen LogP) is 5.90. The second kappa shape index (κ2) is 17.3. The van der Waals surface area contributed by atoms with E-state index in [0.29, 0.717) is 65.0 Å². The van der Waals surface area contributed by atoms with Crippen LogP contribution in [0.2, 0.25) is 10.0 Å². The monoisotopic (exact) mass is 747 g/mol. The van der Waals surface area contributed by atoms with Crippen LogP contribution in [-0.4, -0.2) is 68.1 Å². The number of halogens is 2. The molecular formula is C36H43Cl2N3O8S. The Labute approximate surface area is 303 Å². The van der Waals surface area contributed by atoms with Gasteiger partial charge in [0.2, 0.25) is 10.0 Å². The van der Waals surface area contributed by atoms with E-state index in [1.807, 2.05) is 12.1 Å². The van der Waals surface area contributed by atoms with Crippen LogP contribution in [0.15, 0.2) is 66.7 Å². The van der Waals surface area contributed by atoms with Crippen molar-refractivity contribution >= 4 is 45.1 Å². The zero-order valence-electron chi connectivity index (χ0n) is 28.0. The van der Waals surface area contributed by atoms with Gasteiger partial charge < -0.3 is 19.5 Å². The maximum Gasteiger partial charge on any atom is 0.305 e. The second-order valence-electron chi connectivity index (χ2n) is 12.5. The number of sulfonamides is 1. The summed E-state index contributed by atoms with van der Waals surface area (Å²) >= 11 is 13.1. The van der Waals surface area contributed by atoms with Crippen molar-refractivity contribution in [1.82, 2.24) is 15.1 Å². The fraction of sp³-hybridized carbons (Fsp3) is 0.444. The Kier molecular flexibility index (Phi) is 13.2. The summed E-state index contributed by atoms with van der Waals surface area (Å²) in [6.07, 6.45) is 3.32. The molecule has 3 N–H and O–H groups in total. The van der Waals surface area contributed by atoms with Crippen LogP contribution < -0.4 is 14.9 Å². The highest BCUT2D eigenvalue weighted by molar-refractivity contribution is 7.88.